The molecule has 60 heavy (non-hydrogen) atoms. The summed E-state index contributed by atoms with van der Waals surface area (Å²) in [5.41, 5.74) is 0. The van der Waals surface area contributed by atoms with Crippen LogP contribution in [0, 0.1) is 0 Å². The van der Waals surface area contributed by atoms with Gasteiger partial charge in [0.1, 0.15) is 13.2 Å². The zero-order valence-corrected chi connectivity index (χ0v) is 39.5. The predicted octanol–water partition coefficient (Wildman–Crippen LogP) is 16.5. The van der Waals surface area contributed by atoms with Crippen LogP contribution in [0.3, 0.4) is 0 Å². The normalized spacial score (nSPS) is 12.5. The molecule has 0 saturated heterocycles. The summed E-state index contributed by atoms with van der Waals surface area (Å²) in [7, 11) is 0. The first-order valence-corrected chi connectivity index (χ1v) is 25.3. The summed E-state index contributed by atoms with van der Waals surface area (Å²) < 4.78 is 16.7. The molecule has 0 aromatic heterocycles. The second-order valence-corrected chi connectivity index (χ2v) is 16.7. The monoisotopic (exact) mass is 839 g/mol. The quantitative estimate of drug-likeness (QED) is 0.0263. The van der Waals surface area contributed by atoms with Crippen molar-refractivity contribution in [2.75, 3.05) is 13.2 Å². The van der Waals surface area contributed by atoms with Gasteiger partial charge in [-0.1, -0.05) is 204 Å². The first kappa shape index (κ1) is 57.1. The number of ether oxygens (including phenoxy) is 3. The van der Waals surface area contributed by atoms with E-state index in [-0.39, 0.29) is 31.1 Å². The number of carbonyl (C=O) groups excluding carboxylic acids is 3. The first-order valence-electron chi connectivity index (χ1n) is 25.3. The highest BCUT2D eigenvalue weighted by Gasteiger charge is 2.19. The van der Waals surface area contributed by atoms with Gasteiger partial charge in [-0.3, -0.25) is 14.4 Å². The van der Waals surface area contributed by atoms with E-state index in [4.69, 9.17) is 14.2 Å². The van der Waals surface area contributed by atoms with Gasteiger partial charge >= 0.3 is 17.9 Å². The van der Waals surface area contributed by atoms with E-state index in [0.717, 1.165) is 103 Å². The third kappa shape index (κ3) is 46.2. The van der Waals surface area contributed by atoms with Gasteiger partial charge in [0.25, 0.3) is 0 Å². The lowest BCUT2D eigenvalue weighted by Gasteiger charge is -2.18. The Bertz CT molecular complexity index is 1100. The summed E-state index contributed by atoms with van der Waals surface area (Å²) in [5, 5.41) is 0. The van der Waals surface area contributed by atoms with Crippen LogP contribution in [0.25, 0.3) is 0 Å². The van der Waals surface area contributed by atoms with Crippen LogP contribution >= 0.6 is 0 Å². The second kappa shape index (κ2) is 48.8. The molecule has 0 spiro atoms. The van der Waals surface area contributed by atoms with Crippen molar-refractivity contribution in [1.29, 1.82) is 0 Å². The Morgan fingerprint density at radius 1 is 0.350 bits per heavy atom. The summed E-state index contributed by atoms with van der Waals surface area (Å²) in [4.78, 5) is 37.9. The minimum absolute atomic E-state index is 0.0888. The zero-order chi connectivity index (χ0) is 43.7. The summed E-state index contributed by atoms with van der Waals surface area (Å²) in [6.07, 6.45) is 59.2. The molecule has 346 valence electrons. The Hall–Kier alpha value is -2.89. The van der Waals surface area contributed by atoms with Crippen molar-refractivity contribution in [1.82, 2.24) is 0 Å². The van der Waals surface area contributed by atoms with Crippen LogP contribution < -0.4 is 0 Å². The molecule has 0 heterocycles. The van der Waals surface area contributed by atoms with E-state index in [2.05, 4.69) is 81.5 Å². The number of rotatable bonds is 45. The van der Waals surface area contributed by atoms with Gasteiger partial charge in [0.2, 0.25) is 0 Å². The van der Waals surface area contributed by atoms with Gasteiger partial charge in [0.05, 0.1) is 0 Å². The molecule has 0 aromatic carbocycles. The largest absolute Gasteiger partial charge is 0.462 e. The fourth-order valence-corrected chi connectivity index (χ4v) is 6.96. The Morgan fingerprint density at radius 3 is 1.05 bits per heavy atom. The summed E-state index contributed by atoms with van der Waals surface area (Å²) in [6, 6.07) is 0. The van der Waals surface area contributed by atoms with Crippen molar-refractivity contribution in [2.24, 2.45) is 0 Å². The maximum atomic E-state index is 12.8. The summed E-state index contributed by atoms with van der Waals surface area (Å²) in [6.45, 7) is 6.48. The van der Waals surface area contributed by atoms with Gasteiger partial charge in [-0.15, -0.1) is 0 Å². The molecule has 6 nitrogen and oxygen atoms in total. The van der Waals surface area contributed by atoms with Crippen molar-refractivity contribution in [3.8, 4) is 0 Å². The highest BCUT2D eigenvalue weighted by molar-refractivity contribution is 5.71. The Balaban J connectivity index is 4.44. The van der Waals surface area contributed by atoms with Crippen molar-refractivity contribution in [3.05, 3.63) is 60.8 Å². The SMILES string of the molecule is CC/C=C\C/C=C\C/C=C\C/C=C\CCCCCC(=O)OCC(COC(=O)CCCCCCCCCCCCCC)OC(=O)CCCCC/C=C\CCCCCCCCC. The molecule has 1 unspecified atom stereocenters. The number of carbonyl (C=O) groups is 3. The van der Waals surface area contributed by atoms with E-state index in [1.165, 1.54) is 103 Å². The lowest BCUT2D eigenvalue weighted by atomic mass is 10.0. The van der Waals surface area contributed by atoms with Gasteiger partial charge < -0.3 is 14.2 Å². The number of hydrogen-bond acceptors (Lipinski definition) is 6. The van der Waals surface area contributed by atoms with Gasteiger partial charge in [-0.2, -0.15) is 0 Å². The van der Waals surface area contributed by atoms with Crippen LogP contribution in [-0.4, -0.2) is 37.2 Å². The predicted molar refractivity (Wildman–Crippen MR) is 256 cm³/mol. The number of hydrogen-bond donors (Lipinski definition) is 0. The molecule has 0 bridgehead atoms. The van der Waals surface area contributed by atoms with Crippen LogP contribution in [0.1, 0.15) is 245 Å². The molecule has 0 N–H and O–H groups in total. The molecule has 0 radical (unpaired) electrons. The van der Waals surface area contributed by atoms with Crippen molar-refractivity contribution in [2.45, 2.75) is 252 Å². The molecule has 1 atom stereocenters. The highest BCUT2D eigenvalue weighted by atomic mass is 16.6. The van der Waals surface area contributed by atoms with E-state index < -0.39 is 6.10 Å². The van der Waals surface area contributed by atoms with Gasteiger partial charge in [-0.25, -0.2) is 0 Å². The standard InChI is InChI=1S/C54H94O6/c1-4-7-10-13-16-19-22-25-27-28-30-32-35-38-41-44-47-53(56)59-50-51(49-58-52(55)46-43-40-37-34-31-24-21-18-15-12-9-6-3)60-54(57)48-45-42-39-36-33-29-26-23-20-17-14-11-8-5-2/h7,10,16,19,25,27,29-30,32-33,51H,4-6,8-9,11-15,17-18,20-24,26,28,31,34-50H2,1-3H3/b10-7-,19-16-,27-25-,32-30-,33-29-. The molecular weight excluding hydrogens is 745 g/mol. The molecule has 0 rings (SSSR count). The fourth-order valence-electron chi connectivity index (χ4n) is 6.96. The maximum absolute atomic E-state index is 12.8. The van der Waals surface area contributed by atoms with Gasteiger partial charge in [-0.05, 0) is 83.5 Å². The minimum atomic E-state index is -0.792. The van der Waals surface area contributed by atoms with Crippen LogP contribution in [0.15, 0.2) is 60.8 Å². The van der Waals surface area contributed by atoms with Crippen LogP contribution in [0.4, 0.5) is 0 Å². The topological polar surface area (TPSA) is 78.9 Å². The second-order valence-electron chi connectivity index (χ2n) is 16.7. The number of unbranched alkanes of at least 4 members (excludes halogenated alkanes) is 24. The molecule has 6 heteroatoms. The average Bonchev–Trinajstić information content (AvgIpc) is 3.24. The van der Waals surface area contributed by atoms with E-state index >= 15 is 0 Å². The molecule has 0 amide bonds. The molecule has 0 aromatic rings. The summed E-state index contributed by atoms with van der Waals surface area (Å²) in [5.74, 6) is -0.934. The third-order valence-corrected chi connectivity index (χ3v) is 10.8. The van der Waals surface area contributed by atoms with E-state index in [0.29, 0.717) is 19.3 Å². The van der Waals surface area contributed by atoms with Crippen molar-refractivity contribution >= 4 is 17.9 Å². The van der Waals surface area contributed by atoms with Crippen LogP contribution in [0.5, 0.6) is 0 Å². The van der Waals surface area contributed by atoms with E-state index in [1.54, 1.807) is 0 Å². The molecule has 0 aliphatic heterocycles. The van der Waals surface area contributed by atoms with Crippen molar-refractivity contribution < 1.29 is 28.6 Å². The molecule has 0 aliphatic rings. The lowest BCUT2D eigenvalue weighted by molar-refractivity contribution is -0.167. The highest BCUT2D eigenvalue weighted by Crippen LogP contribution is 2.14. The lowest BCUT2D eigenvalue weighted by Crippen LogP contribution is -2.30. The van der Waals surface area contributed by atoms with Crippen LogP contribution in [-0.2, 0) is 28.6 Å². The molecule has 0 aliphatic carbocycles. The number of esters is 3. The number of allylic oxidation sites excluding steroid dienone is 10. The van der Waals surface area contributed by atoms with Crippen molar-refractivity contribution in [3.63, 3.8) is 0 Å². The molecule has 0 fully saturated rings. The van der Waals surface area contributed by atoms with E-state index in [1.807, 2.05) is 0 Å². The first-order chi connectivity index (χ1) is 29.5. The fraction of sp³-hybridized carbons (Fsp3) is 0.759. The van der Waals surface area contributed by atoms with Gasteiger partial charge in [0, 0.05) is 19.3 Å². The van der Waals surface area contributed by atoms with Gasteiger partial charge in [0.15, 0.2) is 6.10 Å². The maximum Gasteiger partial charge on any atom is 0.306 e. The Kier molecular flexibility index (Phi) is 46.4. The van der Waals surface area contributed by atoms with Crippen LogP contribution in [0.2, 0.25) is 0 Å². The Labute approximate surface area is 370 Å². The molecule has 0 saturated carbocycles. The minimum Gasteiger partial charge on any atom is -0.462 e. The summed E-state index contributed by atoms with van der Waals surface area (Å²) >= 11 is 0. The Morgan fingerprint density at radius 2 is 0.650 bits per heavy atom. The molecular formula is C54H94O6. The zero-order valence-electron chi connectivity index (χ0n) is 39.5. The average molecular weight is 839 g/mol. The van der Waals surface area contributed by atoms with E-state index in [9.17, 15) is 14.4 Å². The third-order valence-electron chi connectivity index (χ3n) is 10.8. The smallest absolute Gasteiger partial charge is 0.306 e.